The van der Waals surface area contributed by atoms with Gasteiger partial charge >= 0.3 is 0 Å². The molecule has 1 N–H and O–H groups in total. The van der Waals surface area contributed by atoms with E-state index in [0.717, 1.165) is 5.56 Å². The van der Waals surface area contributed by atoms with Crippen molar-refractivity contribution in [3.8, 4) is 5.75 Å². The van der Waals surface area contributed by atoms with Gasteiger partial charge in [0.15, 0.2) is 0 Å². The third-order valence-corrected chi connectivity index (χ3v) is 4.03. The number of nitrogens with one attached hydrogen (secondary N) is 1. The van der Waals surface area contributed by atoms with Gasteiger partial charge in [-0.2, -0.15) is 0 Å². The van der Waals surface area contributed by atoms with E-state index in [1.165, 1.54) is 0 Å². The van der Waals surface area contributed by atoms with Gasteiger partial charge in [-0.3, -0.25) is 9.59 Å². The summed E-state index contributed by atoms with van der Waals surface area (Å²) in [6, 6.07) is 7.48. The van der Waals surface area contributed by atoms with Crippen molar-refractivity contribution in [3.63, 3.8) is 0 Å². The lowest BCUT2D eigenvalue weighted by Gasteiger charge is -2.33. The lowest BCUT2D eigenvalue weighted by Crippen LogP contribution is -2.52. The molecule has 0 radical (unpaired) electrons. The van der Waals surface area contributed by atoms with E-state index < -0.39 is 5.41 Å². The number of carbonyl (C=O) groups excluding carboxylic acids is 2. The minimum atomic E-state index is -1.11. The van der Waals surface area contributed by atoms with Crippen LogP contribution in [0.15, 0.2) is 24.3 Å². The molecule has 23 heavy (non-hydrogen) atoms. The SMILES string of the molecule is COc1ccccc1CNC(=O)C(C)(C)C(=O)N1CCOCC1. The minimum Gasteiger partial charge on any atom is -0.496 e. The molecule has 0 atom stereocenters. The van der Waals surface area contributed by atoms with Crippen molar-refractivity contribution in [2.24, 2.45) is 5.41 Å². The summed E-state index contributed by atoms with van der Waals surface area (Å²) in [6.07, 6.45) is 0. The summed E-state index contributed by atoms with van der Waals surface area (Å²) in [4.78, 5) is 26.8. The predicted octanol–water partition coefficient (Wildman–Crippen LogP) is 1.20. The molecule has 6 heteroatoms. The van der Waals surface area contributed by atoms with Crippen molar-refractivity contribution in [2.45, 2.75) is 20.4 Å². The van der Waals surface area contributed by atoms with Crippen LogP contribution in [0.3, 0.4) is 0 Å². The van der Waals surface area contributed by atoms with Crippen LogP contribution in [0.5, 0.6) is 5.75 Å². The van der Waals surface area contributed by atoms with E-state index in [1.54, 1.807) is 25.9 Å². The third kappa shape index (κ3) is 4.01. The molecule has 2 rings (SSSR count). The van der Waals surface area contributed by atoms with Gasteiger partial charge in [0.05, 0.1) is 20.3 Å². The van der Waals surface area contributed by atoms with Crippen LogP contribution in [0.4, 0.5) is 0 Å². The summed E-state index contributed by atoms with van der Waals surface area (Å²) in [5.74, 6) is 0.253. The molecule has 1 aliphatic rings. The van der Waals surface area contributed by atoms with Gasteiger partial charge in [0.25, 0.3) is 0 Å². The molecule has 1 fully saturated rings. The van der Waals surface area contributed by atoms with Gasteiger partial charge in [-0.05, 0) is 19.9 Å². The van der Waals surface area contributed by atoms with Gasteiger partial charge in [-0.25, -0.2) is 0 Å². The summed E-state index contributed by atoms with van der Waals surface area (Å²) in [5, 5.41) is 2.84. The van der Waals surface area contributed by atoms with E-state index in [1.807, 2.05) is 24.3 Å². The molecule has 1 aliphatic heterocycles. The third-order valence-electron chi connectivity index (χ3n) is 4.03. The van der Waals surface area contributed by atoms with E-state index in [4.69, 9.17) is 9.47 Å². The lowest BCUT2D eigenvalue weighted by atomic mass is 9.90. The Morgan fingerprint density at radius 1 is 1.26 bits per heavy atom. The highest BCUT2D eigenvalue weighted by molar-refractivity contribution is 6.04. The number of rotatable bonds is 5. The van der Waals surface area contributed by atoms with Gasteiger partial charge in [0, 0.05) is 25.2 Å². The first-order chi connectivity index (χ1) is 11.0. The van der Waals surface area contributed by atoms with Crippen molar-refractivity contribution >= 4 is 11.8 Å². The Morgan fingerprint density at radius 2 is 1.91 bits per heavy atom. The van der Waals surface area contributed by atoms with Crippen LogP contribution in [-0.2, 0) is 20.9 Å². The Kier molecular flexibility index (Phi) is 5.60. The number of benzene rings is 1. The van der Waals surface area contributed by atoms with Crippen LogP contribution in [0, 0.1) is 5.41 Å². The zero-order valence-corrected chi connectivity index (χ0v) is 13.9. The van der Waals surface area contributed by atoms with E-state index in [9.17, 15) is 9.59 Å². The van der Waals surface area contributed by atoms with Crippen molar-refractivity contribution in [3.05, 3.63) is 29.8 Å². The van der Waals surface area contributed by atoms with Crippen LogP contribution in [0.25, 0.3) is 0 Å². The maximum Gasteiger partial charge on any atom is 0.237 e. The number of amides is 2. The highest BCUT2D eigenvalue weighted by atomic mass is 16.5. The molecule has 1 aromatic carbocycles. The molecular weight excluding hydrogens is 296 g/mol. The molecule has 1 heterocycles. The summed E-state index contributed by atoms with van der Waals surface area (Å²) in [5.41, 5.74) is -0.239. The predicted molar refractivity (Wildman–Crippen MR) is 86.0 cm³/mol. The standard InChI is InChI=1S/C17H24N2O4/c1-17(2,16(21)19-8-10-23-11-9-19)15(20)18-12-13-6-4-5-7-14(13)22-3/h4-7H,8-12H2,1-3H3,(H,18,20). The highest BCUT2D eigenvalue weighted by Gasteiger charge is 2.39. The van der Waals surface area contributed by atoms with Crippen LogP contribution < -0.4 is 10.1 Å². The summed E-state index contributed by atoms with van der Waals surface area (Å²) < 4.78 is 10.5. The largest absolute Gasteiger partial charge is 0.496 e. The van der Waals surface area contributed by atoms with Crippen molar-refractivity contribution in [1.29, 1.82) is 0 Å². The van der Waals surface area contributed by atoms with Crippen LogP contribution in [-0.4, -0.2) is 50.1 Å². The summed E-state index contributed by atoms with van der Waals surface area (Å²) in [6.45, 7) is 5.73. The topological polar surface area (TPSA) is 67.9 Å². The van der Waals surface area contributed by atoms with E-state index >= 15 is 0 Å². The fraction of sp³-hybridized carbons (Fsp3) is 0.529. The molecule has 126 valence electrons. The van der Waals surface area contributed by atoms with Gasteiger partial charge in [-0.15, -0.1) is 0 Å². The van der Waals surface area contributed by atoms with Crippen molar-refractivity contribution < 1.29 is 19.1 Å². The smallest absolute Gasteiger partial charge is 0.237 e. The number of morpholine rings is 1. The number of methoxy groups -OCH3 is 1. The molecule has 2 amide bonds. The lowest BCUT2D eigenvalue weighted by molar-refractivity contribution is -0.151. The summed E-state index contributed by atoms with van der Waals surface area (Å²) >= 11 is 0. The highest BCUT2D eigenvalue weighted by Crippen LogP contribution is 2.22. The zero-order valence-electron chi connectivity index (χ0n) is 13.9. The summed E-state index contributed by atoms with van der Waals surface area (Å²) in [7, 11) is 1.59. The Morgan fingerprint density at radius 3 is 2.57 bits per heavy atom. The number of hydrogen-bond acceptors (Lipinski definition) is 4. The first kappa shape index (κ1) is 17.3. The van der Waals surface area contributed by atoms with Crippen molar-refractivity contribution in [1.82, 2.24) is 10.2 Å². The molecule has 0 saturated carbocycles. The molecule has 1 aromatic rings. The number of carbonyl (C=O) groups is 2. The first-order valence-electron chi connectivity index (χ1n) is 7.74. The molecule has 0 aliphatic carbocycles. The normalized spacial score (nSPS) is 15.2. The zero-order chi connectivity index (χ0) is 16.9. The Balaban J connectivity index is 1.99. The van der Waals surface area contributed by atoms with Crippen molar-refractivity contribution in [2.75, 3.05) is 33.4 Å². The number of nitrogens with zero attached hydrogens (tertiary/aromatic N) is 1. The second-order valence-corrected chi connectivity index (χ2v) is 6.02. The quantitative estimate of drug-likeness (QED) is 0.828. The number of para-hydroxylation sites is 1. The van der Waals surface area contributed by atoms with E-state index in [0.29, 0.717) is 38.6 Å². The van der Waals surface area contributed by atoms with Crippen LogP contribution in [0.1, 0.15) is 19.4 Å². The average Bonchev–Trinajstić information content (AvgIpc) is 2.59. The molecular formula is C17H24N2O4. The van der Waals surface area contributed by atoms with E-state index in [-0.39, 0.29) is 11.8 Å². The van der Waals surface area contributed by atoms with Gasteiger partial charge < -0.3 is 19.7 Å². The molecule has 0 spiro atoms. The second-order valence-electron chi connectivity index (χ2n) is 6.02. The second kappa shape index (κ2) is 7.46. The number of hydrogen-bond donors (Lipinski definition) is 1. The van der Waals surface area contributed by atoms with Crippen LogP contribution >= 0.6 is 0 Å². The van der Waals surface area contributed by atoms with Crippen LogP contribution in [0.2, 0.25) is 0 Å². The molecule has 0 unspecified atom stereocenters. The Bertz CT molecular complexity index is 565. The van der Waals surface area contributed by atoms with E-state index in [2.05, 4.69) is 5.32 Å². The average molecular weight is 320 g/mol. The Labute approximate surface area is 136 Å². The van der Waals surface area contributed by atoms with Gasteiger partial charge in [0.2, 0.25) is 11.8 Å². The molecule has 0 aromatic heterocycles. The Hall–Kier alpha value is -2.08. The van der Waals surface area contributed by atoms with Gasteiger partial charge in [0.1, 0.15) is 11.2 Å². The van der Waals surface area contributed by atoms with Gasteiger partial charge in [-0.1, -0.05) is 18.2 Å². The maximum atomic E-state index is 12.6. The maximum absolute atomic E-state index is 12.6. The number of ether oxygens (including phenoxy) is 2. The molecule has 0 bridgehead atoms. The first-order valence-corrected chi connectivity index (χ1v) is 7.74. The monoisotopic (exact) mass is 320 g/mol. The minimum absolute atomic E-state index is 0.168. The molecule has 6 nitrogen and oxygen atoms in total. The fourth-order valence-corrected chi connectivity index (χ4v) is 2.50. The molecule has 1 saturated heterocycles. The fourth-order valence-electron chi connectivity index (χ4n) is 2.50.